The number of aromatic nitrogens is 2. The Morgan fingerprint density at radius 2 is 1.84 bits per heavy atom. The van der Waals surface area contributed by atoms with Crippen LogP contribution in [0.15, 0.2) is 69.0 Å². The van der Waals surface area contributed by atoms with Crippen LogP contribution in [0.4, 0.5) is 0 Å². The van der Waals surface area contributed by atoms with E-state index >= 15 is 0 Å². The van der Waals surface area contributed by atoms with E-state index in [9.17, 15) is 13.2 Å². The molecule has 3 rings (SSSR count). The van der Waals surface area contributed by atoms with E-state index in [2.05, 4.69) is 9.82 Å². The van der Waals surface area contributed by atoms with Gasteiger partial charge in [-0.2, -0.15) is 5.10 Å². The monoisotopic (exact) mass is 375 g/mol. The summed E-state index contributed by atoms with van der Waals surface area (Å²) in [5.74, 6) is 0. The smallest absolute Gasteiger partial charge is 0.266 e. The Hall–Kier alpha value is -2.29. The summed E-state index contributed by atoms with van der Waals surface area (Å²) in [6, 6.07) is 16.0. The van der Waals surface area contributed by atoms with Gasteiger partial charge < -0.3 is 0 Å². The van der Waals surface area contributed by atoms with Crippen LogP contribution in [0.5, 0.6) is 0 Å². The summed E-state index contributed by atoms with van der Waals surface area (Å²) in [7, 11) is -3.47. The Bertz CT molecular complexity index is 981. The lowest BCUT2D eigenvalue weighted by Crippen LogP contribution is -2.27. The van der Waals surface area contributed by atoms with Crippen molar-refractivity contribution in [1.29, 1.82) is 0 Å². The van der Waals surface area contributed by atoms with Crippen molar-refractivity contribution in [3.05, 3.63) is 70.3 Å². The van der Waals surface area contributed by atoms with Gasteiger partial charge in [-0.15, -0.1) is 11.3 Å². The molecule has 0 unspecified atom stereocenters. The maximum atomic E-state index is 12.0. The zero-order valence-corrected chi connectivity index (χ0v) is 15.0. The number of rotatable bonds is 7. The van der Waals surface area contributed by atoms with Crippen LogP contribution in [-0.2, 0) is 16.6 Å². The van der Waals surface area contributed by atoms with E-state index in [0.717, 1.165) is 5.56 Å². The van der Waals surface area contributed by atoms with Crippen molar-refractivity contribution in [1.82, 2.24) is 14.5 Å². The Morgan fingerprint density at radius 3 is 2.56 bits per heavy atom. The van der Waals surface area contributed by atoms with Crippen molar-refractivity contribution >= 4 is 21.4 Å². The highest BCUT2D eigenvalue weighted by Crippen LogP contribution is 2.15. The third-order valence-corrected chi connectivity index (χ3v) is 6.39. The molecule has 0 aliphatic heterocycles. The molecule has 0 atom stereocenters. The molecule has 6 nitrogen and oxygen atoms in total. The molecule has 2 heterocycles. The predicted octanol–water partition coefficient (Wildman–Crippen LogP) is 2.34. The molecule has 8 heteroatoms. The van der Waals surface area contributed by atoms with Gasteiger partial charge in [0.1, 0.15) is 4.21 Å². The fourth-order valence-corrected chi connectivity index (χ4v) is 4.41. The van der Waals surface area contributed by atoms with Gasteiger partial charge in [0.25, 0.3) is 5.56 Å². The lowest BCUT2D eigenvalue weighted by molar-refractivity contribution is 0.537. The van der Waals surface area contributed by atoms with Crippen molar-refractivity contribution in [3.63, 3.8) is 0 Å². The number of aryl methyl sites for hydroxylation is 1. The summed E-state index contributed by atoms with van der Waals surface area (Å²) in [4.78, 5) is 11.9. The summed E-state index contributed by atoms with van der Waals surface area (Å²) in [5.41, 5.74) is 1.43. The standard InChI is InChI=1S/C17H17N3O3S2/c21-16-10-9-15(14-6-2-1-3-7-14)19-20(16)12-5-11-18-25(22,23)17-8-4-13-24-17/h1-4,6-10,13,18H,5,11-12H2. The maximum Gasteiger partial charge on any atom is 0.266 e. The van der Waals surface area contributed by atoms with Crippen LogP contribution in [0.3, 0.4) is 0 Å². The SMILES string of the molecule is O=c1ccc(-c2ccccc2)nn1CCCNS(=O)(=O)c1cccs1. The number of nitrogens with zero attached hydrogens (tertiary/aromatic N) is 2. The molecule has 0 amide bonds. The fraction of sp³-hybridized carbons (Fsp3) is 0.176. The van der Waals surface area contributed by atoms with Gasteiger partial charge in [0.05, 0.1) is 5.69 Å². The normalized spacial score (nSPS) is 11.5. The van der Waals surface area contributed by atoms with Crippen LogP contribution in [0, 0.1) is 0 Å². The van der Waals surface area contributed by atoms with Crippen molar-refractivity contribution in [2.24, 2.45) is 0 Å². The molecular formula is C17H17N3O3S2. The fourth-order valence-electron chi connectivity index (χ4n) is 2.29. The van der Waals surface area contributed by atoms with Gasteiger partial charge in [0.2, 0.25) is 10.0 Å². The molecule has 0 spiro atoms. The molecule has 1 aromatic carbocycles. The summed E-state index contributed by atoms with van der Waals surface area (Å²) >= 11 is 1.17. The third-order valence-electron chi connectivity index (χ3n) is 3.53. The quantitative estimate of drug-likeness (QED) is 0.643. The lowest BCUT2D eigenvalue weighted by atomic mass is 10.1. The van der Waals surface area contributed by atoms with E-state index in [1.807, 2.05) is 30.3 Å². The first kappa shape index (κ1) is 17.5. The summed E-state index contributed by atoms with van der Waals surface area (Å²) in [5, 5.41) is 6.07. The molecule has 0 radical (unpaired) electrons. The van der Waals surface area contributed by atoms with Crippen LogP contribution in [-0.4, -0.2) is 24.7 Å². The molecule has 2 aromatic heterocycles. The van der Waals surface area contributed by atoms with Crippen LogP contribution in [0.2, 0.25) is 0 Å². The van der Waals surface area contributed by atoms with E-state index in [0.29, 0.717) is 18.7 Å². The number of hydrogen-bond donors (Lipinski definition) is 1. The number of sulfonamides is 1. The van der Waals surface area contributed by atoms with Crippen LogP contribution < -0.4 is 10.3 Å². The lowest BCUT2D eigenvalue weighted by Gasteiger charge is -2.08. The number of thiophene rings is 1. The molecule has 130 valence electrons. The molecule has 0 fully saturated rings. The Kier molecular flexibility index (Phi) is 5.42. The second-order valence-electron chi connectivity index (χ2n) is 5.33. The summed E-state index contributed by atoms with van der Waals surface area (Å²) in [6.45, 7) is 0.580. The van der Waals surface area contributed by atoms with Gasteiger partial charge in [0.15, 0.2) is 0 Å². The highest BCUT2D eigenvalue weighted by molar-refractivity contribution is 7.91. The maximum absolute atomic E-state index is 12.0. The van der Waals surface area contributed by atoms with Crippen molar-refractivity contribution in [2.75, 3.05) is 6.54 Å². The topological polar surface area (TPSA) is 81.1 Å². The molecule has 1 N–H and O–H groups in total. The number of hydrogen-bond acceptors (Lipinski definition) is 5. The van der Waals surface area contributed by atoms with Crippen LogP contribution >= 0.6 is 11.3 Å². The highest BCUT2D eigenvalue weighted by Gasteiger charge is 2.13. The van der Waals surface area contributed by atoms with Crippen LogP contribution in [0.1, 0.15) is 6.42 Å². The van der Waals surface area contributed by atoms with E-state index in [-0.39, 0.29) is 16.3 Å². The first-order valence-electron chi connectivity index (χ1n) is 7.73. The van der Waals surface area contributed by atoms with Gasteiger partial charge in [0, 0.05) is 24.7 Å². The second-order valence-corrected chi connectivity index (χ2v) is 8.27. The Labute approximate surface area is 149 Å². The number of nitrogens with one attached hydrogen (secondary N) is 1. The van der Waals surface area contributed by atoms with E-state index in [1.54, 1.807) is 23.6 Å². The van der Waals surface area contributed by atoms with Gasteiger partial charge in [-0.3, -0.25) is 4.79 Å². The Morgan fingerprint density at radius 1 is 1.04 bits per heavy atom. The molecule has 0 aliphatic carbocycles. The molecule has 0 saturated heterocycles. The van der Waals surface area contributed by atoms with Crippen molar-refractivity contribution in [3.8, 4) is 11.3 Å². The first-order chi connectivity index (χ1) is 12.1. The first-order valence-corrected chi connectivity index (χ1v) is 10.1. The largest absolute Gasteiger partial charge is 0.268 e. The minimum atomic E-state index is -3.47. The van der Waals surface area contributed by atoms with E-state index in [4.69, 9.17) is 0 Å². The molecule has 0 saturated carbocycles. The summed E-state index contributed by atoms with van der Waals surface area (Å²) in [6.07, 6.45) is 0.468. The summed E-state index contributed by atoms with van der Waals surface area (Å²) < 4.78 is 28.2. The van der Waals surface area contributed by atoms with Crippen LogP contribution in [0.25, 0.3) is 11.3 Å². The zero-order chi connectivity index (χ0) is 17.7. The average molecular weight is 375 g/mol. The predicted molar refractivity (Wildman–Crippen MR) is 98.1 cm³/mol. The minimum absolute atomic E-state index is 0.208. The molecule has 25 heavy (non-hydrogen) atoms. The van der Waals surface area contributed by atoms with E-state index < -0.39 is 10.0 Å². The minimum Gasteiger partial charge on any atom is -0.268 e. The Balaban J connectivity index is 1.63. The van der Waals surface area contributed by atoms with Gasteiger partial charge in [-0.1, -0.05) is 36.4 Å². The van der Waals surface area contributed by atoms with Gasteiger partial charge in [-0.25, -0.2) is 17.8 Å². The van der Waals surface area contributed by atoms with Gasteiger partial charge in [-0.05, 0) is 23.9 Å². The van der Waals surface area contributed by atoms with Crippen molar-refractivity contribution in [2.45, 2.75) is 17.2 Å². The third kappa shape index (κ3) is 4.41. The average Bonchev–Trinajstić information content (AvgIpc) is 3.16. The van der Waals surface area contributed by atoms with E-state index in [1.165, 1.54) is 22.1 Å². The molecular weight excluding hydrogens is 358 g/mol. The molecule has 0 bridgehead atoms. The van der Waals surface area contributed by atoms with Gasteiger partial charge >= 0.3 is 0 Å². The second kappa shape index (κ2) is 7.73. The highest BCUT2D eigenvalue weighted by atomic mass is 32.2. The number of benzene rings is 1. The molecule has 3 aromatic rings. The van der Waals surface area contributed by atoms with Crippen molar-refractivity contribution < 1.29 is 8.42 Å². The zero-order valence-electron chi connectivity index (χ0n) is 13.3. The molecule has 0 aliphatic rings.